The molecule has 0 saturated heterocycles. The lowest BCUT2D eigenvalue weighted by Crippen LogP contribution is -2.38. The molecule has 0 unspecified atom stereocenters. The van der Waals surface area contributed by atoms with Crippen LogP contribution in [0.1, 0.15) is 44.3 Å². The van der Waals surface area contributed by atoms with E-state index in [1.165, 1.54) is 12.1 Å². The number of benzene rings is 1. The van der Waals surface area contributed by atoms with Crippen LogP contribution in [-0.2, 0) is 6.42 Å². The van der Waals surface area contributed by atoms with Crippen LogP contribution in [0.3, 0.4) is 0 Å². The monoisotopic (exact) mass is 521 g/mol. The SMILES string of the molecule is CN=C(NCCCSc1ccc(F)cc1)NCCCc1nc(C(C)C)no1.I. The van der Waals surface area contributed by atoms with Crippen LogP contribution in [0.25, 0.3) is 0 Å². The van der Waals surface area contributed by atoms with Gasteiger partial charge in [-0.05, 0) is 42.9 Å². The average molecular weight is 521 g/mol. The molecule has 0 saturated carbocycles. The second kappa shape index (κ2) is 13.8. The molecule has 1 aromatic carbocycles. The molecule has 2 aromatic rings. The Bertz CT molecular complexity index is 709. The van der Waals surface area contributed by atoms with E-state index in [0.717, 1.165) is 54.8 Å². The zero-order valence-corrected chi connectivity index (χ0v) is 19.7. The van der Waals surface area contributed by atoms with Gasteiger partial charge in [0.25, 0.3) is 0 Å². The number of halogens is 2. The summed E-state index contributed by atoms with van der Waals surface area (Å²) < 4.78 is 18.1. The van der Waals surface area contributed by atoms with Crippen LogP contribution >= 0.6 is 35.7 Å². The van der Waals surface area contributed by atoms with Crippen LogP contribution < -0.4 is 10.6 Å². The Labute approximate surface area is 187 Å². The van der Waals surface area contributed by atoms with Crippen LogP contribution in [0.5, 0.6) is 0 Å². The van der Waals surface area contributed by atoms with Crippen molar-refractivity contribution in [1.82, 2.24) is 20.8 Å². The van der Waals surface area contributed by atoms with Gasteiger partial charge >= 0.3 is 0 Å². The molecule has 1 aromatic heterocycles. The number of nitrogens with zero attached hydrogens (tertiary/aromatic N) is 3. The molecule has 2 rings (SSSR count). The molecular weight excluding hydrogens is 492 g/mol. The number of aryl methyl sites for hydroxylation is 1. The van der Waals surface area contributed by atoms with Gasteiger partial charge in [0.05, 0.1) is 0 Å². The van der Waals surface area contributed by atoms with E-state index in [0.29, 0.717) is 5.89 Å². The van der Waals surface area contributed by atoms with Crippen LogP contribution in [0.4, 0.5) is 4.39 Å². The lowest BCUT2D eigenvalue weighted by Gasteiger charge is -2.11. The summed E-state index contributed by atoms with van der Waals surface area (Å²) in [5.74, 6) is 3.27. The molecule has 28 heavy (non-hydrogen) atoms. The van der Waals surface area contributed by atoms with E-state index >= 15 is 0 Å². The van der Waals surface area contributed by atoms with E-state index in [9.17, 15) is 4.39 Å². The van der Waals surface area contributed by atoms with Crippen molar-refractivity contribution in [1.29, 1.82) is 0 Å². The van der Waals surface area contributed by atoms with E-state index in [4.69, 9.17) is 4.52 Å². The van der Waals surface area contributed by atoms with Crippen molar-refractivity contribution in [2.24, 2.45) is 4.99 Å². The Morgan fingerprint density at radius 3 is 2.46 bits per heavy atom. The highest BCUT2D eigenvalue weighted by Crippen LogP contribution is 2.18. The van der Waals surface area contributed by atoms with Gasteiger partial charge in [-0.15, -0.1) is 35.7 Å². The molecule has 0 aliphatic heterocycles. The highest BCUT2D eigenvalue weighted by molar-refractivity contribution is 14.0. The number of aliphatic imine (C=N–C) groups is 1. The van der Waals surface area contributed by atoms with Crippen molar-refractivity contribution in [3.63, 3.8) is 0 Å². The summed E-state index contributed by atoms with van der Waals surface area (Å²) in [4.78, 5) is 9.68. The first-order valence-electron chi connectivity index (χ1n) is 9.24. The fraction of sp³-hybridized carbons (Fsp3) is 0.526. The molecule has 6 nitrogen and oxygen atoms in total. The summed E-state index contributed by atoms with van der Waals surface area (Å²) in [6, 6.07) is 6.59. The van der Waals surface area contributed by atoms with E-state index in [2.05, 4.69) is 25.8 Å². The van der Waals surface area contributed by atoms with E-state index < -0.39 is 0 Å². The van der Waals surface area contributed by atoms with Gasteiger partial charge in [0.1, 0.15) is 5.82 Å². The molecule has 9 heteroatoms. The van der Waals surface area contributed by atoms with Gasteiger partial charge in [-0.25, -0.2) is 4.39 Å². The third-order valence-corrected chi connectivity index (χ3v) is 4.88. The van der Waals surface area contributed by atoms with E-state index in [-0.39, 0.29) is 35.7 Å². The summed E-state index contributed by atoms with van der Waals surface area (Å²) in [5, 5.41) is 10.5. The molecule has 156 valence electrons. The quantitative estimate of drug-likeness (QED) is 0.160. The standard InChI is InChI=1S/C19H28FN5OS.HI/c1-14(2)18-24-17(26-25-18)6-4-11-22-19(21-3)23-12-5-13-27-16-9-7-15(20)8-10-16;/h7-10,14H,4-6,11-13H2,1-3H3,(H2,21,22,23);1H. The minimum Gasteiger partial charge on any atom is -0.356 e. The van der Waals surface area contributed by atoms with Crippen LogP contribution in [0, 0.1) is 5.82 Å². The fourth-order valence-electron chi connectivity index (χ4n) is 2.27. The summed E-state index contributed by atoms with van der Waals surface area (Å²) in [6.07, 6.45) is 2.63. The van der Waals surface area contributed by atoms with Gasteiger partial charge in [-0.2, -0.15) is 4.98 Å². The number of aromatic nitrogens is 2. The van der Waals surface area contributed by atoms with Crippen molar-refractivity contribution in [3.05, 3.63) is 41.8 Å². The van der Waals surface area contributed by atoms with Crippen molar-refractivity contribution in [3.8, 4) is 0 Å². The first-order valence-corrected chi connectivity index (χ1v) is 10.2. The predicted octanol–water partition coefficient (Wildman–Crippen LogP) is 4.23. The maximum absolute atomic E-state index is 12.9. The molecule has 0 aliphatic rings. The van der Waals surface area contributed by atoms with Crippen molar-refractivity contribution >= 4 is 41.7 Å². The maximum atomic E-state index is 12.9. The number of rotatable bonds is 10. The van der Waals surface area contributed by atoms with Gasteiger partial charge in [-0.1, -0.05) is 19.0 Å². The highest BCUT2D eigenvalue weighted by atomic mass is 127. The molecule has 0 spiro atoms. The van der Waals surface area contributed by atoms with Crippen molar-refractivity contribution in [2.75, 3.05) is 25.9 Å². The molecule has 0 amide bonds. The van der Waals surface area contributed by atoms with Gasteiger partial charge < -0.3 is 15.2 Å². The van der Waals surface area contributed by atoms with Gasteiger partial charge in [-0.3, -0.25) is 4.99 Å². The topological polar surface area (TPSA) is 75.3 Å². The molecule has 1 heterocycles. The third kappa shape index (κ3) is 9.22. The number of hydrogen-bond acceptors (Lipinski definition) is 5. The number of nitrogens with one attached hydrogen (secondary N) is 2. The zero-order valence-electron chi connectivity index (χ0n) is 16.6. The summed E-state index contributed by atoms with van der Waals surface area (Å²) in [7, 11) is 1.76. The van der Waals surface area contributed by atoms with Crippen molar-refractivity contribution in [2.45, 2.75) is 43.9 Å². The maximum Gasteiger partial charge on any atom is 0.226 e. The first kappa shape index (κ1) is 24.7. The molecular formula is C19H29FIN5OS. The lowest BCUT2D eigenvalue weighted by atomic mass is 10.2. The Morgan fingerprint density at radius 1 is 1.18 bits per heavy atom. The second-order valence-electron chi connectivity index (χ2n) is 6.39. The summed E-state index contributed by atoms with van der Waals surface area (Å²) in [6.45, 7) is 5.70. The van der Waals surface area contributed by atoms with Crippen LogP contribution in [0.15, 0.2) is 38.7 Å². The molecule has 0 aliphatic carbocycles. The smallest absolute Gasteiger partial charge is 0.226 e. The molecule has 2 N–H and O–H groups in total. The number of thioether (sulfide) groups is 1. The Balaban J connectivity index is 0.00000392. The summed E-state index contributed by atoms with van der Waals surface area (Å²) in [5.41, 5.74) is 0. The van der Waals surface area contributed by atoms with E-state index in [1.807, 2.05) is 13.8 Å². The van der Waals surface area contributed by atoms with Crippen LogP contribution in [-0.4, -0.2) is 42.0 Å². The predicted molar refractivity (Wildman–Crippen MR) is 123 cm³/mol. The number of guanidine groups is 1. The second-order valence-corrected chi connectivity index (χ2v) is 7.55. The Hall–Kier alpha value is -1.36. The molecule has 0 fully saturated rings. The third-order valence-electron chi connectivity index (χ3n) is 3.78. The van der Waals surface area contributed by atoms with E-state index in [1.54, 1.807) is 30.9 Å². The lowest BCUT2D eigenvalue weighted by molar-refractivity contribution is 0.368. The van der Waals surface area contributed by atoms with Crippen LogP contribution in [0.2, 0.25) is 0 Å². The summed E-state index contributed by atoms with van der Waals surface area (Å²) >= 11 is 1.72. The van der Waals surface area contributed by atoms with Gasteiger partial charge in [0, 0.05) is 37.4 Å². The first-order chi connectivity index (χ1) is 13.1. The normalized spacial score (nSPS) is 11.4. The Morgan fingerprint density at radius 2 is 1.86 bits per heavy atom. The Kier molecular flexibility index (Phi) is 12.1. The molecule has 0 bridgehead atoms. The average Bonchev–Trinajstić information content (AvgIpc) is 3.14. The number of hydrogen-bond donors (Lipinski definition) is 2. The zero-order chi connectivity index (χ0) is 19.5. The van der Waals surface area contributed by atoms with Gasteiger partial charge in [0.15, 0.2) is 11.8 Å². The minimum atomic E-state index is -0.199. The molecule has 0 radical (unpaired) electrons. The fourth-order valence-corrected chi connectivity index (χ4v) is 3.12. The minimum absolute atomic E-state index is 0. The highest BCUT2D eigenvalue weighted by Gasteiger charge is 2.09. The van der Waals surface area contributed by atoms with Gasteiger partial charge in [0.2, 0.25) is 5.89 Å². The van der Waals surface area contributed by atoms with Crippen molar-refractivity contribution < 1.29 is 8.91 Å². The largest absolute Gasteiger partial charge is 0.356 e. The molecule has 0 atom stereocenters.